The predicted molar refractivity (Wildman–Crippen MR) is 114 cm³/mol. The number of nitrogens with one attached hydrogen (secondary N) is 1. The number of nitrogens with zero attached hydrogens (tertiary/aromatic N) is 1. The highest BCUT2D eigenvalue weighted by Gasteiger charge is 2.13. The van der Waals surface area contributed by atoms with Crippen molar-refractivity contribution in [2.24, 2.45) is 0 Å². The summed E-state index contributed by atoms with van der Waals surface area (Å²) in [6.07, 6.45) is 1.37. The van der Waals surface area contributed by atoms with Gasteiger partial charge in [0.2, 0.25) is 0 Å². The van der Waals surface area contributed by atoms with Crippen molar-refractivity contribution in [2.75, 3.05) is 7.11 Å². The molecule has 0 atom stereocenters. The van der Waals surface area contributed by atoms with Gasteiger partial charge in [0.15, 0.2) is 0 Å². The molecule has 3 rings (SSSR count). The maximum absolute atomic E-state index is 12.4. The molecule has 0 bridgehead atoms. The average molecular weight is 416 g/mol. The van der Waals surface area contributed by atoms with Crippen LogP contribution >= 0.6 is 0 Å². The predicted octanol–water partition coefficient (Wildman–Crippen LogP) is 4.19. The van der Waals surface area contributed by atoms with Gasteiger partial charge in [-0.3, -0.25) is 4.79 Å². The Bertz CT molecular complexity index is 1180. The summed E-state index contributed by atoms with van der Waals surface area (Å²) in [5.41, 5.74) is 2.43. The molecule has 156 valence electrons. The molecular weight excluding hydrogens is 396 g/mol. The first-order chi connectivity index (χ1) is 14.9. The molecule has 2 aromatic carbocycles. The smallest absolute Gasteiger partial charge is 0.335 e. The fourth-order valence-electron chi connectivity index (χ4n) is 2.96. The molecule has 0 saturated carbocycles. The number of nitriles is 1. The van der Waals surface area contributed by atoms with Crippen LogP contribution in [0.3, 0.4) is 0 Å². The van der Waals surface area contributed by atoms with Gasteiger partial charge in [0.25, 0.3) is 5.91 Å². The molecule has 0 aliphatic heterocycles. The molecule has 0 aliphatic rings. The summed E-state index contributed by atoms with van der Waals surface area (Å²) in [6, 6.07) is 17.2. The Kier molecular flexibility index (Phi) is 6.53. The average Bonchev–Trinajstić information content (AvgIpc) is 3.24. The lowest BCUT2D eigenvalue weighted by molar-refractivity contribution is -0.117. The van der Waals surface area contributed by atoms with Crippen molar-refractivity contribution in [1.82, 2.24) is 5.32 Å². The third-order valence-electron chi connectivity index (χ3n) is 4.63. The number of carbonyl (C=O) groups is 2. The summed E-state index contributed by atoms with van der Waals surface area (Å²) in [6.45, 7) is 2.05. The summed E-state index contributed by atoms with van der Waals surface area (Å²) in [7, 11) is 1.58. The summed E-state index contributed by atoms with van der Waals surface area (Å²) in [4.78, 5) is 23.5. The number of carboxylic acids is 1. The van der Waals surface area contributed by atoms with Crippen LogP contribution < -0.4 is 10.1 Å². The van der Waals surface area contributed by atoms with E-state index in [4.69, 9.17) is 14.3 Å². The molecule has 0 radical (unpaired) electrons. The van der Waals surface area contributed by atoms with Gasteiger partial charge in [-0.2, -0.15) is 5.26 Å². The number of hydrogen-bond acceptors (Lipinski definition) is 5. The molecule has 0 fully saturated rings. The minimum absolute atomic E-state index is 0.0904. The Hall–Kier alpha value is -4.31. The molecular formula is C24H20N2O5. The van der Waals surface area contributed by atoms with E-state index >= 15 is 0 Å². The standard InChI is InChI=1S/C24H20N2O5/c1-15-11-17(24(28)29)5-9-21(15)22-10-8-20(31-22)12-18(13-25)23(27)26-14-16-3-6-19(30-2)7-4-16/h3-12H,14H2,1-2H3,(H,26,27)(H,28,29)/b18-12-. The first kappa shape index (κ1) is 21.4. The van der Waals surface area contributed by atoms with E-state index in [1.54, 1.807) is 50.4 Å². The molecule has 3 aromatic rings. The third-order valence-corrected chi connectivity index (χ3v) is 4.63. The lowest BCUT2D eigenvalue weighted by Gasteiger charge is -2.05. The van der Waals surface area contributed by atoms with Crippen molar-refractivity contribution in [3.63, 3.8) is 0 Å². The van der Waals surface area contributed by atoms with Crippen molar-refractivity contribution < 1.29 is 23.8 Å². The largest absolute Gasteiger partial charge is 0.497 e. The maximum atomic E-state index is 12.4. The van der Waals surface area contributed by atoms with Gasteiger partial charge in [-0.1, -0.05) is 18.2 Å². The van der Waals surface area contributed by atoms with Gasteiger partial charge in [0.1, 0.15) is 28.9 Å². The van der Waals surface area contributed by atoms with Gasteiger partial charge < -0.3 is 19.6 Å². The Morgan fingerprint density at radius 3 is 2.52 bits per heavy atom. The molecule has 31 heavy (non-hydrogen) atoms. The van der Waals surface area contributed by atoms with E-state index in [2.05, 4.69) is 5.32 Å². The van der Waals surface area contributed by atoms with Gasteiger partial charge in [0.05, 0.1) is 12.7 Å². The van der Waals surface area contributed by atoms with Crippen LogP contribution in [0.4, 0.5) is 0 Å². The normalized spacial score (nSPS) is 10.9. The van der Waals surface area contributed by atoms with Crippen LogP contribution in [-0.4, -0.2) is 24.1 Å². The number of amides is 1. The zero-order chi connectivity index (χ0) is 22.4. The van der Waals surface area contributed by atoms with E-state index in [1.165, 1.54) is 12.1 Å². The summed E-state index contributed by atoms with van der Waals surface area (Å²) >= 11 is 0. The minimum Gasteiger partial charge on any atom is -0.497 e. The number of rotatable bonds is 7. The Balaban J connectivity index is 1.72. The number of ether oxygens (including phenoxy) is 1. The zero-order valence-electron chi connectivity index (χ0n) is 17.0. The third kappa shape index (κ3) is 5.19. The van der Waals surface area contributed by atoms with Gasteiger partial charge in [-0.05, 0) is 54.4 Å². The van der Waals surface area contributed by atoms with Gasteiger partial charge in [-0.25, -0.2) is 4.79 Å². The molecule has 0 spiro atoms. The summed E-state index contributed by atoms with van der Waals surface area (Å²) < 4.78 is 10.9. The van der Waals surface area contributed by atoms with Crippen LogP contribution in [0.15, 0.2) is 64.6 Å². The van der Waals surface area contributed by atoms with E-state index in [1.807, 2.05) is 18.2 Å². The molecule has 1 aromatic heterocycles. The Labute approximate surface area is 179 Å². The van der Waals surface area contributed by atoms with Crippen LogP contribution in [0.2, 0.25) is 0 Å². The lowest BCUT2D eigenvalue weighted by atomic mass is 10.0. The van der Waals surface area contributed by atoms with E-state index in [9.17, 15) is 14.9 Å². The minimum atomic E-state index is -1.00. The number of carbonyl (C=O) groups excluding carboxylic acids is 1. The monoisotopic (exact) mass is 416 g/mol. The lowest BCUT2D eigenvalue weighted by Crippen LogP contribution is -2.23. The van der Waals surface area contributed by atoms with Gasteiger partial charge >= 0.3 is 5.97 Å². The number of carboxylic acid groups (broad SMARTS) is 1. The van der Waals surface area contributed by atoms with Crippen LogP contribution in [0.1, 0.15) is 27.2 Å². The van der Waals surface area contributed by atoms with Crippen molar-refractivity contribution in [1.29, 1.82) is 5.26 Å². The highest BCUT2D eigenvalue weighted by atomic mass is 16.5. The second-order valence-corrected chi connectivity index (χ2v) is 6.74. The second-order valence-electron chi connectivity index (χ2n) is 6.74. The molecule has 0 unspecified atom stereocenters. The fourth-order valence-corrected chi connectivity index (χ4v) is 2.96. The van der Waals surface area contributed by atoms with Crippen molar-refractivity contribution in [3.8, 4) is 23.1 Å². The highest BCUT2D eigenvalue weighted by molar-refractivity contribution is 6.01. The van der Waals surface area contributed by atoms with Crippen LogP contribution in [0.5, 0.6) is 5.75 Å². The summed E-state index contributed by atoms with van der Waals surface area (Å²) in [5, 5.41) is 21.2. The number of benzene rings is 2. The molecule has 0 aliphatic carbocycles. The summed E-state index contributed by atoms with van der Waals surface area (Å²) in [5.74, 6) is 0.0499. The molecule has 7 nitrogen and oxygen atoms in total. The van der Waals surface area contributed by atoms with Crippen LogP contribution in [-0.2, 0) is 11.3 Å². The Morgan fingerprint density at radius 1 is 1.16 bits per heavy atom. The van der Waals surface area contributed by atoms with E-state index in [-0.39, 0.29) is 17.7 Å². The number of hydrogen-bond donors (Lipinski definition) is 2. The van der Waals surface area contributed by atoms with Crippen LogP contribution in [0.25, 0.3) is 17.4 Å². The SMILES string of the molecule is COc1ccc(CNC(=O)/C(C#N)=C\c2ccc(-c3ccc(C(=O)O)cc3C)o2)cc1. The number of aryl methyl sites for hydroxylation is 1. The molecule has 0 saturated heterocycles. The molecule has 7 heteroatoms. The molecule has 2 N–H and O–H groups in total. The first-order valence-electron chi connectivity index (χ1n) is 9.38. The molecule has 1 amide bonds. The maximum Gasteiger partial charge on any atom is 0.335 e. The zero-order valence-corrected chi connectivity index (χ0v) is 17.0. The number of methoxy groups -OCH3 is 1. The van der Waals surface area contributed by atoms with E-state index < -0.39 is 11.9 Å². The fraction of sp³-hybridized carbons (Fsp3) is 0.125. The van der Waals surface area contributed by atoms with Crippen molar-refractivity contribution in [2.45, 2.75) is 13.5 Å². The molecule has 1 heterocycles. The van der Waals surface area contributed by atoms with Gasteiger partial charge in [0, 0.05) is 18.2 Å². The second kappa shape index (κ2) is 9.46. The van der Waals surface area contributed by atoms with Crippen molar-refractivity contribution >= 4 is 18.0 Å². The first-order valence-corrected chi connectivity index (χ1v) is 9.38. The Morgan fingerprint density at radius 2 is 1.90 bits per heavy atom. The van der Waals surface area contributed by atoms with Crippen LogP contribution in [0, 0.1) is 18.3 Å². The van der Waals surface area contributed by atoms with Crippen molar-refractivity contribution in [3.05, 3.63) is 82.6 Å². The topological polar surface area (TPSA) is 113 Å². The number of aromatic carboxylic acids is 1. The van der Waals surface area contributed by atoms with E-state index in [0.717, 1.165) is 16.7 Å². The van der Waals surface area contributed by atoms with Gasteiger partial charge in [-0.15, -0.1) is 0 Å². The quantitative estimate of drug-likeness (QED) is 0.441. The van der Waals surface area contributed by atoms with E-state index in [0.29, 0.717) is 17.3 Å². The highest BCUT2D eigenvalue weighted by Crippen LogP contribution is 2.27. The number of furan rings is 1.